The summed E-state index contributed by atoms with van der Waals surface area (Å²) in [5.41, 5.74) is 1.53. The first-order chi connectivity index (χ1) is 16.5. The predicted molar refractivity (Wildman–Crippen MR) is 126 cm³/mol. The molecule has 2 aliphatic carbocycles. The monoisotopic (exact) mass is 468 g/mol. The van der Waals surface area contributed by atoms with E-state index in [4.69, 9.17) is 9.47 Å². The van der Waals surface area contributed by atoms with Crippen molar-refractivity contribution < 1.29 is 23.9 Å². The van der Waals surface area contributed by atoms with Crippen LogP contribution in [0.5, 0.6) is 5.75 Å². The van der Waals surface area contributed by atoms with Crippen LogP contribution in [0, 0.1) is 17.8 Å². The highest BCUT2D eigenvalue weighted by Gasteiger charge is 2.40. The van der Waals surface area contributed by atoms with Crippen LogP contribution in [-0.4, -0.2) is 48.0 Å². The molecule has 0 spiro atoms. The first kappa shape index (κ1) is 23.3. The van der Waals surface area contributed by atoms with Crippen molar-refractivity contribution in [3.63, 3.8) is 0 Å². The van der Waals surface area contributed by atoms with E-state index in [1.807, 2.05) is 25.3 Å². The van der Waals surface area contributed by atoms with Crippen molar-refractivity contribution in [2.45, 2.75) is 89.5 Å². The Kier molecular flexibility index (Phi) is 6.65. The number of rotatable bonds is 8. The minimum Gasteiger partial charge on any atom is -0.490 e. The first-order valence-corrected chi connectivity index (χ1v) is 12.9. The highest BCUT2D eigenvalue weighted by molar-refractivity contribution is 6.05. The molecule has 1 saturated heterocycles. The van der Waals surface area contributed by atoms with Crippen molar-refractivity contribution in [2.24, 2.45) is 17.8 Å². The lowest BCUT2D eigenvalue weighted by Gasteiger charge is -2.38. The summed E-state index contributed by atoms with van der Waals surface area (Å²) in [6.45, 7) is 2.68. The number of amides is 3. The van der Waals surface area contributed by atoms with Crippen LogP contribution in [0.4, 0.5) is 0 Å². The van der Waals surface area contributed by atoms with E-state index in [9.17, 15) is 14.4 Å². The number of carbonyl (C=O) groups is 3. The van der Waals surface area contributed by atoms with Crippen LogP contribution in [-0.2, 0) is 20.9 Å². The Morgan fingerprint density at radius 1 is 1.15 bits per heavy atom. The van der Waals surface area contributed by atoms with Crippen LogP contribution in [0.25, 0.3) is 0 Å². The van der Waals surface area contributed by atoms with Crippen LogP contribution >= 0.6 is 0 Å². The average molecular weight is 469 g/mol. The minimum atomic E-state index is -0.587. The fourth-order valence-electron chi connectivity index (χ4n) is 6.57. The number of hydrogen-bond donors (Lipinski definition) is 1. The molecule has 0 bridgehead atoms. The highest BCUT2D eigenvalue weighted by Crippen LogP contribution is 2.43. The molecule has 0 radical (unpaired) electrons. The molecule has 7 heteroatoms. The fraction of sp³-hybridized carbons (Fsp3) is 0.667. The summed E-state index contributed by atoms with van der Waals surface area (Å²) < 4.78 is 12.0. The molecule has 5 rings (SSSR count). The summed E-state index contributed by atoms with van der Waals surface area (Å²) in [7, 11) is 1.81. The Hall–Kier alpha value is -2.41. The van der Waals surface area contributed by atoms with Crippen molar-refractivity contribution in [1.29, 1.82) is 0 Å². The number of nitrogens with one attached hydrogen (secondary N) is 1. The second-order valence-corrected chi connectivity index (χ2v) is 10.6. The minimum absolute atomic E-state index is 0.143. The van der Waals surface area contributed by atoms with Gasteiger partial charge in [-0.2, -0.15) is 0 Å². The molecule has 0 aromatic heterocycles. The Balaban J connectivity index is 1.23. The fourth-order valence-corrected chi connectivity index (χ4v) is 6.57. The molecule has 2 unspecified atom stereocenters. The number of piperidine rings is 1. The lowest BCUT2D eigenvalue weighted by atomic mass is 9.72. The van der Waals surface area contributed by atoms with Crippen LogP contribution < -0.4 is 10.1 Å². The Morgan fingerprint density at radius 3 is 2.71 bits per heavy atom. The molecule has 34 heavy (non-hydrogen) atoms. The molecule has 1 aromatic carbocycles. The summed E-state index contributed by atoms with van der Waals surface area (Å²) in [4.78, 5) is 38.3. The molecular weight excluding hydrogens is 432 g/mol. The van der Waals surface area contributed by atoms with Crippen molar-refractivity contribution in [3.8, 4) is 5.75 Å². The summed E-state index contributed by atoms with van der Waals surface area (Å²) in [5, 5.41) is 2.36. The molecule has 2 saturated carbocycles. The number of imide groups is 1. The zero-order chi connectivity index (χ0) is 23.8. The smallest absolute Gasteiger partial charge is 0.255 e. The van der Waals surface area contributed by atoms with Crippen LogP contribution in [0.2, 0.25) is 0 Å². The van der Waals surface area contributed by atoms with Gasteiger partial charge in [0.05, 0.1) is 6.10 Å². The van der Waals surface area contributed by atoms with Gasteiger partial charge in [-0.3, -0.25) is 19.7 Å². The van der Waals surface area contributed by atoms with E-state index in [0.717, 1.165) is 23.7 Å². The second kappa shape index (κ2) is 9.68. The lowest BCUT2D eigenvalue weighted by molar-refractivity contribution is -0.136. The van der Waals surface area contributed by atoms with Gasteiger partial charge in [0.15, 0.2) is 0 Å². The predicted octanol–water partition coefficient (Wildman–Crippen LogP) is 3.84. The summed E-state index contributed by atoms with van der Waals surface area (Å²) in [6, 6.07) is 5.12. The largest absolute Gasteiger partial charge is 0.490 e. The van der Waals surface area contributed by atoms with Gasteiger partial charge >= 0.3 is 0 Å². The molecule has 2 heterocycles. The lowest BCUT2D eigenvalue weighted by Crippen LogP contribution is -2.52. The van der Waals surface area contributed by atoms with Crippen molar-refractivity contribution >= 4 is 17.7 Å². The quantitative estimate of drug-likeness (QED) is 0.586. The number of methoxy groups -OCH3 is 1. The Morgan fingerprint density at radius 2 is 1.97 bits per heavy atom. The van der Waals surface area contributed by atoms with Gasteiger partial charge in [-0.15, -0.1) is 0 Å². The molecule has 4 aliphatic rings. The molecular formula is C27H36N2O5. The number of carbonyl (C=O) groups excluding carboxylic acids is 3. The number of nitrogens with zero attached hydrogens (tertiary/aromatic N) is 1. The average Bonchev–Trinajstić information content (AvgIpc) is 3.37. The number of hydrogen-bond acceptors (Lipinski definition) is 5. The van der Waals surface area contributed by atoms with Gasteiger partial charge in [-0.25, -0.2) is 0 Å². The third kappa shape index (κ3) is 4.47. The van der Waals surface area contributed by atoms with Gasteiger partial charge in [0.2, 0.25) is 11.8 Å². The van der Waals surface area contributed by atoms with Gasteiger partial charge in [0.25, 0.3) is 5.91 Å². The molecule has 2 aliphatic heterocycles. The molecule has 3 amide bonds. The van der Waals surface area contributed by atoms with Crippen molar-refractivity contribution in [3.05, 3.63) is 29.3 Å². The maximum atomic E-state index is 13.0. The zero-order valence-electron chi connectivity index (χ0n) is 20.3. The summed E-state index contributed by atoms with van der Waals surface area (Å²) >= 11 is 0. The Bertz CT molecular complexity index is 956. The van der Waals surface area contributed by atoms with E-state index >= 15 is 0 Å². The SMILES string of the molecule is CCC(CC1CC(OC)C1)[C@H]1CCC[C@@H]1Oc1ccc2c(c1)CN(C1CCC(=O)NC1=O)C2=O. The van der Waals surface area contributed by atoms with Crippen molar-refractivity contribution in [1.82, 2.24) is 10.2 Å². The molecule has 7 nitrogen and oxygen atoms in total. The van der Waals surface area contributed by atoms with Crippen LogP contribution in [0.1, 0.15) is 80.6 Å². The van der Waals surface area contributed by atoms with E-state index in [1.54, 1.807) is 4.90 Å². The zero-order valence-corrected chi connectivity index (χ0v) is 20.3. The highest BCUT2D eigenvalue weighted by atomic mass is 16.5. The summed E-state index contributed by atoms with van der Waals surface area (Å²) in [6.07, 6.45) is 9.62. The van der Waals surface area contributed by atoms with E-state index in [0.29, 0.717) is 36.5 Å². The molecule has 1 N–H and O–H groups in total. The number of ether oxygens (including phenoxy) is 2. The standard InChI is InChI=1S/C27H36N2O5/c1-3-17(11-16-12-20(13-16)33-2)21-5-4-6-24(21)34-19-7-8-22-18(14-19)15-29(27(22)32)23-9-10-25(30)28-26(23)31/h7-8,14,16-17,20-21,23-24H,3-6,9-13,15H2,1-2H3,(H,28,30,31)/t16?,17?,20?,21-,23?,24+/m1/s1. The van der Waals surface area contributed by atoms with Gasteiger partial charge in [-0.1, -0.05) is 13.3 Å². The number of fused-ring (bicyclic) bond motifs is 1. The number of benzene rings is 1. The molecule has 1 aromatic rings. The molecule has 184 valence electrons. The summed E-state index contributed by atoms with van der Waals surface area (Å²) in [5.74, 6) is 2.04. The molecule has 4 atom stereocenters. The molecule has 3 fully saturated rings. The third-order valence-electron chi connectivity index (χ3n) is 8.58. The maximum absolute atomic E-state index is 13.0. The van der Waals surface area contributed by atoms with Crippen molar-refractivity contribution in [2.75, 3.05) is 7.11 Å². The van der Waals surface area contributed by atoms with E-state index in [1.165, 1.54) is 38.5 Å². The van der Waals surface area contributed by atoms with E-state index < -0.39 is 6.04 Å². The first-order valence-electron chi connectivity index (χ1n) is 12.9. The van der Waals surface area contributed by atoms with Crippen LogP contribution in [0.15, 0.2) is 18.2 Å². The second-order valence-electron chi connectivity index (χ2n) is 10.6. The van der Waals surface area contributed by atoms with Gasteiger partial charge in [-0.05, 0) is 86.5 Å². The van der Waals surface area contributed by atoms with Gasteiger partial charge < -0.3 is 14.4 Å². The van der Waals surface area contributed by atoms with E-state index in [-0.39, 0.29) is 30.2 Å². The van der Waals surface area contributed by atoms with Gasteiger partial charge in [0, 0.05) is 25.6 Å². The Labute approximate surface area is 201 Å². The van der Waals surface area contributed by atoms with Crippen LogP contribution in [0.3, 0.4) is 0 Å². The van der Waals surface area contributed by atoms with Gasteiger partial charge in [0.1, 0.15) is 17.9 Å². The third-order valence-corrected chi connectivity index (χ3v) is 8.58. The van der Waals surface area contributed by atoms with E-state index in [2.05, 4.69) is 12.2 Å². The normalized spacial score (nSPS) is 31.8. The topological polar surface area (TPSA) is 84.9 Å². The maximum Gasteiger partial charge on any atom is 0.255 e.